The second kappa shape index (κ2) is 12.6. The lowest BCUT2D eigenvalue weighted by atomic mass is 10.00. The number of hydrogen-bond donors (Lipinski definition) is 4. The fourth-order valence-electron chi connectivity index (χ4n) is 6.22. The van der Waals surface area contributed by atoms with Crippen molar-refractivity contribution in [2.24, 2.45) is 0 Å². The Morgan fingerprint density at radius 1 is 0.628 bits per heavy atom. The number of carboxylic acids is 2. The van der Waals surface area contributed by atoms with E-state index >= 15 is 0 Å². The molecule has 9 heteroatoms. The fraction of sp³-hybridized carbons (Fsp3) is 0.353. The molecule has 5 rings (SSSR count). The second-order valence-electron chi connectivity index (χ2n) is 11.2. The largest absolute Gasteiger partial charge is 0.481 e. The van der Waals surface area contributed by atoms with E-state index in [1.165, 1.54) is 11.1 Å². The van der Waals surface area contributed by atoms with Crippen LogP contribution in [0.3, 0.4) is 0 Å². The Morgan fingerprint density at radius 3 is 1.63 bits per heavy atom. The molecule has 0 saturated heterocycles. The Hall–Kier alpha value is -4.17. The van der Waals surface area contributed by atoms with Gasteiger partial charge in [0.05, 0.1) is 22.8 Å². The van der Waals surface area contributed by atoms with Gasteiger partial charge >= 0.3 is 11.9 Å². The summed E-state index contributed by atoms with van der Waals surface area (Å²) in [6.07, 6.45) is 2.39. The summed E-state index contributed by atoms with van der Waals surface area (Å²) < 4.78 is 0. The van der Waals surface area contributed by atoms with E-state index in [0.717, 1.165) is 85.4 Å². The Balaban J connectivity index is 0.00000423. The average molecular weight is 603 g/mol. The van der Waals surface area contributed by atoms with Crippen molar-refractivity contribution < 1.29 is 19.8 Å². The van der Waals surface area contributed by atoms with Gasteiger partial charge in [-0.1, -0.05) is 13.8 Å². The predicted octanol–water partition coefficient (Wildman–Crippen LogP) is 8.07. The molecule has 0 unspecified atom stereocenters. The molecule has 8 nitrogen and oxygen atoms in total. The fourth-order valence-corrected chi connectivity index (χ4v) is 6.22. The van der Waals surface area contributed by atoms with E-state index in [4.69, 9.17) is 9.97 Å². The van der Waals surface area contributed by atoms with Gasteiger partial charge in [-0.15, -0.1) is 12.4 Å². The van der Waals surface area contributed by atoms with Crippen molar-refractivity contribution in [2.75, 3.05) is 0 Å². The van der Waals surface area contributed by atoms with Crippen LogP contribution in [0.25, 0.3) is 44.4 Å². The number of carboxylic acid groups (broad SMARTS) is 2. The van der Waals surface area contributed by atoms with Gasteiger partial charge in [0.2, 0.25) is 0 Å². The van der Waals surface area contributed by atoms with Gasteiger partial charge in [-0.3, -0.25) is 9.59 Å². The number of aromatic nitrogens is 4. The molecule has 0 atom stereocenters. The van der Waals surface area contributed by atoms with E-state index in [0.29, 0.717) is 18.5 Å². The zero-order chi connectivity index (χ0) is 30.3. The molecule has 2 aliphatic heterocycles. The first-order valence-electron chi connectivity index (χ1n) is 14.6. The number of H-pyrrole nitrogens is 2. The third-order valence-corrected chi connectivity index (χ3v) is 8.69. The molecule has 0 aromatic carbocycles. The number of aryl methyl sites for hydroxylation is 4. The van der Waals surface area contributed by atoms with Crippen molar-refractivity contribution in [3.63, 3.8) is 0 Å². The molecule has 0 spiro atoms. The van der Waals surface area contributed by atoms with E-state index in [9.17, 15) is 19.8 Å². The molecule has 0 amide bonds. The van der Waals surface area contributed by atoms with Gasteiger partial charge in [-0.25, -0.2) is 9.97 Å². The molecule has 0 radical (unpaired) electrons. The number of aliphatic carboxylic acids is 2. The molecule has 2 aliphatic rings. The van der Waals surface area contributed by atoms with Gasteiger partial charge in [0.25, 0.3) is 0 Å². The zero-order valence-electron chi connectivity index (χ0n) is 25.6. The molecule has 0 saturated carbocycles. The molecule has 0 fully saturated rings. The molecular weight excluding hydrogens is 564 g/mol. The molecule has 226 valence electrons. The van der Waals surface area contributed by atoms with Crippen LogP contribution in [-0.2, 0) is 22.4 Å². The number of allylic oxidation sites excluding steroid dienone is 4. The molecule has 0 aliphatic carbocycles. The van der Waals surface area contributed by atoms with Crippen LogP contribution >= 0.6 is 12.4 Å². The van der Waals surface area contributed by atoms with Crippen LogP contribution in [0.2, 0.25) is 0 Å². The third kappa shape index (κ3) is 6.02. The average Bonchev–Trinajstić information content (AvgIpc) is 3.59. The molecule has 3 aromatic rings. The number of aromatic amines is 2. The normalized spacial score (nSPS) is 13.0. The predicted molar refractivity (Wildman–Crippen MR) is 175 cm³/mol. The highest BCUT2D eigenvalue weighted by molar-refractivity contribution is 5.95. The lowest BCUT2D eigenvalue weighted by molar-refractivity contribution is -0.137. The van der Waals surface area contributed by atoms with Crippen LogP contribution in [0.5, 0.6) is 0 Å². The molecular formula is C34H39ClN4O4. The highest BCUT2D eigenvalue weighted by Crippen LogP contribution is 2.36. The first-order valence-corrected chi connectivity index (χ1v) is 14.6. The van der Waals surface area contributed by atoms with Crippen molar-refractivity contribution in [3.05, 3.63) is 69.3 Å². The maximum Gasteiger partial charge on any atom is 0.303 e. The van der Waals surface area contributed by atoms with E-state index in [1.807, 2.05) is 26.0 Å². The van der Waals surface area contributed by atoms with Gasteiger partial charge < -0.3 is 20.2 Å². The quantitative estimate of drug-likeness (QED) is 0.206. The highest BCUT2D eigenvalue weighted by Gasteiger charge is 2.21. The molecule has 4 N–H and O–H groups in total. The zero-order valence-corrected chi connectivity index (χ0v) is 26.4. The first-order chi connectivity index (χ1) is 20.0. The van der Waals surface area contributed by atoms with Gasteiger partial charge in [0.15, 0.2) is 0 Å². The van der Waals surface area contributed by atoms with E-state index in [-0.39, 0.29) is 25.2 Å². The van der Waals surface area contributed by atoms with Crippen LogP contribution < -0.4 is 0 Å². The third-order valence-electron chi connectivity index (χ3n) is 8.69. The van der Waals surface area contributed by atoms with Crippen molar-refractivity contribution >= 4 is 68.7 Å². The van der Waals surface area contributed by atoms with Crippen molar-refractivity contribution in [1.82, 2.24) is 19.9 Å². The summed E-state index contributed by atoms with van der Waals surface area (Å²) in [5.74, 6) is -1.72. The Kier molecular flexibility index (Phi) is 9.30. The number of carbonyl (C=O) groups is 2. The minimum Gasteiger partial charge on any atom is -0.481 e. The Labute approximate surface area is 257 Å². The van der Waals surface area contributed by atoms with Gasteiger partial charge in [0.1, 0.15) is 0 Å². The lowest BCUT2D eigenvalue weighted by Gasteiger charge is -2.03. The SMILES string of the molecule is CCC1=C(C)c2cc3[nH]c(cc4nc(cc5[nH]c(cc1n2)c(C)c5CCC(=O)O)C(CCC(=O)O)=C4C)c(C)c3CC.Cl. The van der Waals surface area contributed by atoms with Crippen LogP contribution in [0.1, 0.15) is 98.4 Å². The van der Waals surface area contributed by atoms with Crippen LogP contribution in [-0.4, -0.2) is 42.1 Å². The maximum atomic E-state index is 11.5. The monoisotopic (exact) mass is 602 g/mol. The number of rotatable bonds is 8. The Bertz CT molecular complexity index is 1860. The summed E-state index contributed by atoms with van der Waals surface area (Å²) in [5.41, 5.74) is 15.4. The number of halogens is 1. The van der Waals surface area contributed by atoms with Gasteiger partial charge in [-0.2, -0.15) is 0 Å². The summed E-state index contributed by atoms with van der Waals surface area (Å²) in [6, 6.07) is 8.19. The Morgan fingerprint density at radius 2 is 1.07 bits per heavy atom. The topological polar surface area (TPSA) is 132 Å². The van der Waals surface area contributed by atoms with E-state index in [2.05, 4.69) is 49.8 Å². The minimum atomic E-state index is -0.864. The molecule has 3 aromatic heterocycles. The summed E-state index contributed by atoms with van der Waals surface area (Å²) in [7, 11) is 0. The number of fused-ring (bicyclic) bond motifs is 8. The molecule has 5 heterocycles. The summed E-state index contributed by atoms with van der Waals surface area (Å²) in [5, 5.41) is 18.9. The number of hydrogen-bond acceptors (Lipinski definition) is 4. The van der Waals surface area contributed by atoms with Crippen molar-refractivity contribution in [1.29, 1.82) is 0 Å². The van der Waals surface area contributed by atoms with Crippen LogP contribution in [0.4, 0.5) is 0 Å². The standard InChI is InChI=1S/C34H38N4O4.ClH/c1-7-21-17(3)25-13-26-19(5)23(9-11-33(39)40)31(37-26)16-32-24(10-12-34(41)42)20(6)28(38-32)15-30-22(8-2)18(4)27(36-30)14-29(21)35-25;/h13-16,35,38H,7-12H2,1-6H3,(H,39,40)(H,41,42);1H. The van der Waals surface area contributed by atoms with E-state index in [1.54, 1.807) is 0 Å². The summed E-state index contributed by atoms with van der Waals surface area (Å²) in [6.45, 7) is 12.5. The smallest absolute Gasteiger partial charge is 0.303 e. The summed E-state index contributed by atoms with van der Waals surface area (Å²) >= 11 is 0. The second-order valence-corrected chi connectivity index (χ2v) is 11.2. The van der Waals surface area contributed by atoms with Crippen LogP contribution in [0, 0.1) is 13.8 Å². The number of nitrogens with zero attached hydrogens (tertiary/aromatic N) is 2. The minimum absolute atomic E-state index is 0. The first kappa shape index (κ1) is 31.8. The van der Waals surface area contributed by atoms with Crippen molar-refractivity contribution in [3.8, 4) is 0 Å². The molecule has 8 bridgehead atoms. The lowest BCUT2D eigenvalue weighted by Crippen LogP contribution is -1.98. The van der Waals surface area contributed by atoms with E-state index < -0.39 is 11.9 Å². The highest BCUT2D eigenvalue weighted by atomic mass is 35.5. The van der Waals surface area contributed by atoms with Gasteiger partial charge in [0, 0.05) is 34.9 Å². The van der Waals surface area contributed by atoms with Crippen LogP contribution in [0.15, 0.2) is 24.3 Å². The maximum absolute atomic E-state index is 11.5. The summed E-state index contributed by atoms with van der Waals surface area (Å²) in [4.78, 5) is 40.3. The van der Waals surface area contributed by atoms with Crippen molar-refractivity contribution in [2.45, 2.75) is 80.1 Å². The number of nitrogens with one attached hydrogen (secondary N) is 2. The molecule has 43 heavy (non-hydrogen) atoms. The van der Waals surface area contributed by atoms with Gasteiger partial charge in [-0.05, 0) is 122 Å².